The smallest absolute Gasteiger partial charge is 0.0889 e. The van der Waals surface area contributed by atoms with Crippen LogP contribution in [0, 0.1) is 5.92 Å². The molecule has 19 heavy (non-hydrogen) atoms. The van der Waals surface area contributed by atoms with E-state index in [-0.39, 0.29) is 23.9 Å². The molecule has 0 amide bonds. The Morgan fingerprint density at radius 3 is 2.58 bits per heavy atom. The molecule has 4 heteroatoms. The number of aliphatic hydroxyl groups is 1. The molecule has 2 aliphatic rings. The zero-order chi connectivity index (χ0) is 14.0. The summed E-state index contributed by atoms with van der Waals surface area (Å²) in [4.78, 5) is 0. The lowest BCUT2D eigenvalue weighted by Crippen LogP contribution is -2.41. The highest BCUT2D eigenvalue weighted by Crippen LogP contribution is 2.30. The van der Waals surface area contributed by atoms with Gasteiger partial charge in [-0.3, -0.25) is 0 Å². The molecule has 0 aliphatic carbocycles. The largest absolute Gasteiger partial charge is 0.391 e. The van der Waals surface area contributed by atoms with Gasteiger partial charge in [-0.15, -0.1) is 0 Å². The summed E-state index contributed by atoms with van der Waals surface area (Å²) in [6.07, 6.45) is 3.08. The van der Waals surface area contributed by atoms with Crippen molar-refractivity contribution in [3.05, 3.63) is 0 Å². The van der Waals surface area contributed by atoms with Crippen molar-refractivity contribution < 1.29 is 19.3 Å². The molecule has 0 radical (unpaired) electrons. The second-order valence-electron chi connectivity index (χ2n) is 6.74. The van der Waals surface area contributed by atoms with Crippen LogP contribution < -0.4 is 0 Å². The van der Waals surface area contributed by atoms with Crippen molar-refractivity contribution >= 4 is 0 Å². The third kappa shape index (κ3) is 3.91. The van der Waals surface area contributed by atoms with Crippen LogP contribution in [-0.2, 0) is 14.2 Å². The Hall–Kier alpha value is -0.160. The first kappa shape index (κ1) is 15.2. The van der Waals surface area contributed by atoms with E-state index in [0.717, 1.165) is 12.8 Å². The number of ether oxygens (including phenoxy) is 3. The number of aliphatic hydroxyl groups excluding tert-OH is 1. The Morgan fingerprint density at radius 1 is 1.32 bits per heavy atom. The molecule has 0 bridgehead atoms. The summed E-state index contributed by atoms with van der Waals surface area (Å²) in [5, 5.41) is 9.53. The summed E-state index contributed by atoms with van der Waals surface area (Å²) in [7, 11) is 0. The van der Waals surface area contributed by atoms with Gasteiger partial charge in [0, 0.05) is 6.42 Å². The molecule has 2 saturated heterocycles. The van der Waals surface area contributed by atoms with E-state index in [0.29, 0.717) is 31.7 Å². The standard InChI is InChI=1S/C15H28O4/c1-10(2)13-6-5-12(19-13)9-18-15(3,4)14-7-11(16)8-17-14/h10-14,16H,5-9H2,1-4H3. The molecule has 2 heterocycles. The fraction of sp³-hybridized carbons (Fsp3) is 1.00. The van der Waals surface area contributed by atoms with Crippen LogP contribution in [0.4, 0.5) is 0 Å². The van der Waals surface area contributed by atoms with Gasteiger partial charge in [0.25, 0.3) is 0 Å². The Bertz CT molecular complexity index is 290. The van der Waals surface area contributed by atoms with Crippen LogP contribution in [-0.4, -0.2) is 48.3 Å². The van der Waals surface area contributed by atoms with E-state index in [9.17, 15) is 5.11 Å². The van der Waals surface area contributed by atoms with Crippen LogP contribution in [0.3, 0.4) is 0 Å². The van der Waals surface area contributed by atoms with Gasteiger partial charge >= 0.3 is 0 Å². The first-order valence-electron chi connectivity index (χ1n) is 7.47. The quantitative estimate of drug-likeness (QED) is 0.833. The van der Waals surface area contributed by atoms with Gasteiger partial charge in [0.05, 0.1) is 43.2 Å². The van der Waals surface area contributed by atoms with Crippen molar-refractivity contribution in [2.45, 2.75) is 77.0 Å². The first-order chi connectivity index (χ1) is 8.88. The van der Waals surface area contributed by atoms with E-state index in [2.05, 4.69) is 13.8 Å². The molecule has 1 N–H and O–H groups in total. The van der Waals surface area contributed by atoms with Crippen LogP contribution in [0.1, 0.15) is 47.0 Å². The van der Waals surface area contributed by atoms with Gasteiger partial charge in [-0.2, -0.15) is 0 Å². The lowest BCUT2D eigenvalue weighted by molar-refractivity contribution is -0.134. The van der Waals surface area contributed by atoms with Gasteiger partial charge in [-0.1, -0.05) is 13.8 Å². The fourth-order valence-electron chi connectivity index (χ4n) is 2.84. The van der Waals surface area contributed by atoms with Crippen LogP contribution in [0.15, 0.2) is 0 Å². The molecule has 4 atom stereocenters. The van der Waals surface area contributed by atoms with Crippen LogP contribution in [0.25, 0.3) is 0 Å². The van der Waals surface area contributed by atoms with Crippen molar-refractivity contribution in [1.29, 1.82) is 0 Å². The van der Waals surface area contributed by atoms with Gasteiger partial charge in [0.2, 0.25) is 0 Å². The topological polar surface area (TPSA) is 47.9 Å². The summed E-state index contributed by atoms with van der Waals surface area (Å²) in [6.45, 7) is 9.51. The zero-order valence-corrected chi connectivity index (χ0v) is 12.6. The van der Waals surface area contributed by atoms with Gasteiger partial charge < -0.3 is 19.3 Å². The molecule has 0 aromatic heterocycles. The minimum absolute atomic E-state index is 0.0233. The normalized spacial score (nSPS) is 36.3. The first-order valence-corrected chi connectivity index (χ1v) is 7.47. The van der Waals surface area contributed by atoms with E-state index in [1.807, 2.05) is 13.8 Å². The SMILES string of the molecule is CC(C)C1CCC(COC(C)(C)C2CC(O)CO2)O1. The number of hydrogen-bond donors (Lipinski definition) is 1. The maximum Gasteiger partial charge on any atom is 0.0889 e. The second kappa shape index (κ2) is 6.08. The molecule has 0 aromatic rings. The average molecular weight is 272 g/mol. The summed E-state index contributed by atoms with van der Waals surface area (Å²) >= 11 is 0. The summed E-state index contributed by atoms with van der Waals surface area (Å²) in [6, 6.07) is 0. The molecule has 0 spiro atoms. The van der Waals surface area contributed by atoms with Gasteiger partial charge in [-0.25, -0.2) is 0 Å². The summed E-state index contributed by atoms with van der Waals surface area (Å²) in [5.41, 5.74) is -0.364. The number of hydrogen-bond acceptors (Lipinski definition) is 4. The third-order valence-corrected chi connectivity index (χ3v) is 4.28. The predicted molar refractivity (Wildman–Crippen MR) is 73.1 cm³/mol. The van der Waals surface area contributed by atoms with Crippen LogP contribution >= 0.6 is 0 Å². The predicted octanol–water partition coefficient (Wildman–Crippen LogP) is 2.13. The molecule has 4 nitrogen and oxygen atoms in total. The molecule has 2 aliphatic heterocycles. The maximum atomic E-state index is 9.53. The maximum absolute atomic E-state index is 9.53. The zero-order valence-electron chi connectivity index (χ0n) is 12.6. The lowest BCUT2D eigenvalue weighted by Gasteiger charge is -2.32. The minimum Gasteiger partial charge on any atom is -0.391 e. The second-order valence-corrected chi connectivity index (χ2v) is 6.74. The van der Waals surface area contributed by atoms with Crippen molar-refractivity contribution in [2.75, 3.05) is 13.2 Å². The molecule has 0 aromatic carbocycles. The van der Waals surface area contributed by atoms with Crippen molar-refractivity contribution in [2.24, 2.45) is 5.92 Å². The molecular formula is C15H28O4. The Balaban J connectivity index is 1.75. The van der Waals surface area contributed by atoms with E-state index in [1.54, 1.807) is 0 Å². The molecule has 4 unspecified atom stereocenters. The fourth-order valence-corrected chi connectivity index (χ4v) is 2.84. The molecule has 2 fully saturated rings. The number of rotatable bonds is 5. The monoisotopic (exact) mass is 272 g/mol. The van der Waals surface area contributed by atoms with Gasteiger partial charge in [0.1, 0.15) is 0 Å². The molecule has 0 saturated carbocycles. The van der Waals surface area contributed by atoms with E-state index >= 15 is 0 Å². The van der Waals surface area contributed by atoms with E-state index in [4.69, 9.17) is 14.2 Å². The Labute approximate surface area is 116 Å². The average Bonchev–Trinajstić information content (AvgIpc) is 2.95. The van der Waals surface area contributed by atoms with E-state index in [1.165, 1.54) is 0 Å². The summed E-state index contributed by atoms with van der Waals surface area (Å²) in [5.74, 6) is 0.575. The van der Waals surface area contributed by atoms with Crippen molar-refractivity contribution in [3.8, 4) is 0 Å². The van der Waals surface area contributed by atoms with Gasteiger partial charge in [-0.05, 0) is 32.6 Å². The van der Waals surface area contributed by atoms with Gasteiger partial charge in [0.15, 0.2) is 0 Å². The lowest BCUT2D eigenvalue weighted by atomic mass is 9.98. The Morgan fingerprint density at radius 2 is 2.05 bits per heavy atom. The highest BCUT2D eigenvalue weighted by atomic mass is 16.6. The highest BCUT2D eigenvalue weighted by molar-refractivity contribution is 4.87. The molecular weight excluding hydrogens is 244 g/mol. The van der Waals surface area contributed by atoms with E-state index < -0.39 is 0 Å². The third-order valence-electron chi connectivity index (χ3n) is 4.28. The van der Waals surface area contributed by atoms with Crippen molar-refractivity contribution in [1.82, 2.24) is 0 Å². The summed E-state index contributed by atoms with van der Waals surface area (Å²) < 4.78 is 17.6. The minimum atomic E-state index is -0.364. The van der Waals surface area contributed by atoms with Crippen LogP contribution in [0.5, 0.6) is 0 Å². The van der Waals surface area contributed by atoms with Crippen LogP contribution in [0.2, 0.25) is 0 Å². The highest BCUT2D eigenvalue weighted by Gasteiger charge is 2.38. The molecule has 112 valence electrons. The van der Waals surface area contributed by atoms with Crippen molar-refractivity contribution in [3.63, 3.8) is 0 Å². The Kier molecular flexibility index (Phi) is 4.88. The molecule has 2 rings (SSSR count).